The number of hydrogen-bond acceptors (Lipinski definition) is 5. The molecule has 0 aliphatic carbocycles. The van der Waals surface area contributed by atoms with Gasteiger partial charge in [-0.25, -0.2) is 15.0 Å². The van der Waals surface area contributed by atoms with Crippen molar-refractivity contribution in [2.45, 2.75) is 13.1 Å². The molecule has 0 fully saturated rings. The Hall–Kier alpha value is -2.47. The summed E-state index contributed by atoms with van der Waals surface area (Å²) in [7, 11) is 2.03. The number of fused-ring (bicyclic) bond motifs is 1. The van der Waals surface area contributed by atoms with Crippen LogP contribution in [0.1, 0.15) is 11.4 Å². The van der Waals surface area contributed by atoms with E-state index in [0.29, 0.717) is 12.4 Å². The van der Waals surface area contributed by atoms with Gasteiger partial charge in [0.15, 0.2) is 0 Å². The molecule has 2 aromatic heterocycles. The molecule has 0 aliphatic heterocycles. The SMILES string of the molecule is CN(Cc1ccc2nc[nH]c2c1)Cc1nccc(N)n1. The van der Waals surface area contributed by atoms with Gasteiger partial charge in [0.2, 0.25) is 0 Å². The lowest BCUT2D eigenvalue weighted by atomic mass is 10.2. The molecular weight excluding hydrogens is 252 g/mol. The van der Waals surface area contributed by atoms with Crippen LogP contribution >= 0.6 is 0 Å². The van der Waals surface area contributed by atoms with Crippen molar-refractivity contribution in [2.24, 2.45) is 0 Å². The first-order valence-corrected chi connectivity index (χ1v) is 6.38. The lowest BCUT2D eigenvalue weighted by Crippen LogP contribution is -2.19. The number of anilines is 1. The van der Waals surface area contributed by atoms with Gasteiger partial charge < -0.3 is 10.7 Å². The number of nitrogens with two attached hydrogens (primary N) is 1. The fraction of sp³-hybridized carbons (Fsp3) is 0.214. The van der Waals surface area contributed by atoms with Crippen LogP contribution in [0.15, 0.2) is 36.8 Å². The molecule has 3 N–H and O–H groups in total. The first-order valence-electron chi connectivity index (χ1n) is 6.38. The standard InChI is InChI=1S/C14H16N6/c1-20(8-14-16-5-4-13(15)19-14)7-10-2-3-11-12(6-10)18-9-17-11/h2-6,9H,7-8H2,1H3,(H,17,18)(H2,15,16,19). The lowest BCUT2D eigenvalue weighted by Gasteiger charge is -2.15. The molecule has 0 aliphatic rings. The van der Waals surface area contributed by atoms with Gasteiger partial charge in [-0.15, -0.1) is 0 Å². The van der Waals surface area contributed by atoms with Crippen LogP contribution in [-0.4, -0.2) is 31.9 Å². The quantitative estimate of drug-likeness (QED) is 0.750. The van der Waals surface area contributed by atoms with Gasteiger partial charge in [0.05, 0.1) is 23.9 Å². The Balaban J connectivity index is 1.70. The number of H-pyrrole nitrogens is 1. The van der Waals surface area contributed by atoms with Crippen LogP contribution in [0, 0.1) is 0 Å². The topological polar surface area (TPSA) is 83.7 Å². The van der Waals surface area contributed by atoms with Crippen molar-refractivity contribution in [1.29, 1.82) is 0 Å². The second kappa shape index (κ2) is 5.26. The van der Waals surface area contributed by atoms with Crippen molar-refractivity contribution in [2.75, 3.05) is 12.8 Å². The van der Waals surface area contributed by atoms with E-state index in [1.165, 1.54) is 5.56 Å². The maximum atomic E-state index is 5.66. The number of imidazole rings is 1. The average molecular weight is 268 g/mol. The highest BCUT2D eigenvalue weighted by Crippen LogP contribution is 2.13. The van der Waals surface area contributed by atoms with E-state index < -0.39 is 0 Å². The molecule has 102 valence electrons. The fourth-order valence-corrected chi connectivity index (χ4v) is 2.18. The van der Waals surface area contributed by atoms with Gasteiger partial charge in [-0.05, 0) is 30.8 Å². The van der Waals surface area contributed by atoms with Crippen molar-refractivity contribution < 1.29 is 0 Å². The number of rotatable bonds is 4. The van der Waals surface area contributed by atoms with Crippen molar-refractivity contribution in [1.82, 2.24) is 24.8 Å². The van der Waals surface area contributed by atoms with E-state index in [2.05, 4.69) is 37.0 Å². The first-order chi connectivity index (χ1) is 9.70. The highest BCUT2D eigenvalue weighted by molar-refractivity contribution is 5.74. The predicted molar refractivity (Wildman–Crippen MR) is 77.7 cm³/mol. The summed E-state index contributed by atoms with van der Waals surface area (Å²) in [5, 5.41) is 0. The van der Waals surface area contributed by atoms with Crippen LogP contribution in [-0.2, 0) is 13.1 Å². The molecule has 0 radical (unpaired) electrons. The molecule has 1 aromatic carbocycles. The summed E-state index contributed by atoms with van der Waals surface area (Å²) < 4.78 is 0. The summed E-state index contributed by atoms with van der Waals surface area (Å²) in [6.45, 7) is 1.47. The van der Waals surface area contributed by atoms with E-state index >= 15 is 0 Å². The van der Waals surface area contributed by atoms with E-state index in [4.69, 9.17) is 5.73 Å². The van der Waals surface area contributed by atoms with E-state index in [1.54, 1.807) is 18.6 Å². The summed E-state index contributed by atoms with van der Waals surface area (Å²) in [5.74, 6) is 1.23. The zero-order valence-electron chi connectivity index (χ0n) is 11.2. The minimum absolute atomic E-state index is 0.502. The largest absolute Gasteiger partial charge is 0.384 e. The molecule has 0 bridgehead atoms. The van der Waals surface area contributed by atoms with Gasteiger partial charge in [-0.1, -0.05) is 6.07 Å². The summed E-state index contributed by atoms with van der Waals surface area (Å²) in [4.78, 5) is 17.9. The zero-order chi connectivity index (χ0) is 13.9. The highest BCUT2D eigenvalue weighted by Gasteiger charge is 2.05. The molecule has 6 nitrogen and oxygen atoms in total. The zero-order valence-corrected chi connectivity index (χ0v) is 11.2. The molecule has 3 aromatic rings. The molecular formula is C14H16N6. The van der Waals surface area contributed by atoms with Crippen LogP contribution < -0.4 is 5.73 Å². The summed E-state index contributed by atoms with van der Waals surface area (Å²) >= 11 is 0. The van der Waals surface area contributed by atoms with Crippen LogP contribution in [0.2, 0.25) is 0 Å². The van der Waals surface area contributed by atoms with Gasteiger partial charge in [-0.3, -0.25) is 4.90 Å². The molecule has 0 saturated carbocycles. The van der Waals surface area contributed by atoms with E-state index in [1.807, 2.05) is 13.1 Å². The van der Waals surface area contributed by atoms with E-state index in [0.717, 1.165) is 23.4 Å². The predicted octanol–water partition coefficient (Wildman–Crippen LogP) is 1.57. The Morgan fingerprint density at radius 1 is 1.20 bits per heavy atom. The Morgan fingerprint density at radius 3 is 2.95 bits per heavy atom. The second-order valence-electron chi connectivity index (χ2n) is 4.82. The van der Waals surface area contributed by atoms with E-state index in [9.17, 15) is 0 Å². The lowest BCUT2D eigenvalue weighted by molar-refractivity contribution is 0.311. The molecule has 20 heavy (non-hydrogen) atoms. The van der Waals surface area contributed by atoms with Crippen LogP contribution in [0.3, 0.4) is 0 Å². The average Bonchev–Trinajstić information content (AvgIpc) is 2.86. The Morgan fingerprint density at radius 2 is 2.10 bits per heavy atom. The Labute approximate surface area is 116 Å². The normalized spacial score (nSPS) is 11.3. The third kappa shape index (κ3) is 2.75. The monoisotopic (exact) mass is 268 g/mol. The molecule has 2 heterocycles. The smallest absolute Gasteiger partial charge is 0.144 e. The van der Waals surface area contributed by atoms with Gasteiger partial charge >= 0.3 is 0 Å². The van der Waals surface area contributed by atoms with Crippen molar-refractivity contribution in [3.8, 4) is 0 Å². The number of aromatic amines is 1. The van der Waals surface area contributed by atoms with Gasteiger partial charge in [0.25, 0.3) is 0 Å². The number of aromatic nitrogens is 4. The van der Waals surface area contributed by atoms with Crippen LogP contribution in [0.5, 0.6) is 0 Å². The maximum absolute atomic E-state index is 5.66. The molecule has 0 spiro atoms. The summed E-state index contributed by atoms with van der Waals surface area (Å²) in [6, 6.07) is 7.90. The summed E-state index contributed by atoms with van der Waals surface area (Å²) in [5.41, 5.74) is 8.91. The van der Waals surface area contributed by atoms with Crippen LogP contribution in [0.4, 0.5) is 5.82 Å². The van der Waals surface area contributed by atoms with Crippen LogP contribution in [0.25, 0.3) is 11.0 Å². The molecule has 0 unspecified atom stereocenters. The highest BCUT2D eigenvalue weighted by atomic mass is 15.1. The number of nitrogens with zero attached hydrogens (tertiary/aromatic N) is 4. The third-order valence-electron chi connectivity index (χ3n) is 3.08. The van der Waals surface area contributed by atoms with Crippen molar-refractivity contribution >= 4 is 16.9 Å². The first kappa shape index (κ1) is 12.6. The molecule has 0 saturated heterocycles. The number of nitrogen functional groups attached to an aromatic ring is 1. The van der Waals surface area contributed by atoms with Gasteiger partial charge in [0.1, 0.15) is 11.6 Å². The molecule has 6 heteroatoms. The molecule has 0 atom stereocenters. The fourth-order valence-electron chi connectivity index (χ4n) is 2.18. The number of benzene rings is 1. The van der Waals surface area contributed by atoms with Crippen molar-refractivity contribution in [3.63, 3.8) is 0 Å². The van der Waals surface area contributed by atoms with Gasteiger partial charge in [0, 0.05) is 12.7 Å². The number of nitrogens with one attached hydrogen (secondary N) is 1. The summed E-state index contributed by atoms with van der Waals surface area (Å²) in [6.07, 6.45) is 3.39. The Bertz CT molecular complexity index is 720. The molecule has 3 rings (SSSR count). The maximum Gasteiger partial charge on any atom is 0.144 e. The third-order valence-corrected chi connectivity index (χ3v) is 3.08. The Kier molecular flexibility index (Phi) is 3.30. The van der Waals surface area contributed by atoms with Crippen molar-refractivity contribution in [3.05, 3.63) is 48.2 Å². The molecule has 0 amide bonds. The second-order valence-corrected chi connectivity index (χ2v) is 4.82. The van der Waals surface area contributed by atoms with Gasteiger partial charge in [-0.2, -0.15) is 0 Å². The minimum Gasteiger partial charge on any atom is -0.384 e. The number of hydrogen-bond donors (Lipinski definition) is 2. The van der Waals surface area contributed by atoms with E-state index in [-0.39, 0.29) is 0 Å². The minimum atomic E-state index is 0.502.